The molecule has 20 heavy (non-hydrogen) atoms. The zero-order chi connectivity index (χ0) is 14.5. The molecule has 0 radical (unpaired) electrons. The number of hydrogen-bond donors (Lipinski definition) is 1. The summed E-state index contributed by atoms with van der Waals surface area (Å²) in [4.78, 5) is 0. The molecule has 0 saturated carbocycles. The van der Waals surface area contributed by atoms with E-state index in [1.165, 1.54) is 6.07 Å². The van der Waals surface area contributed by atoms with Gasteiger partial charge in [-0.1, -0.05) is 18.2 Å². The molecule has 2 aromatic carbocycles. The predicted molar refractivity (Wildman–Crippen MR) is 81.9 cm³/mol. The van der Waals surface area contributed by atoms with Gasteiger partial charge in [-0.3, -0.25) is 0 Å². The van der Waals surface area contributed by atoms with Gasteiger partial charge in [-0.25, -0.2) is 4.39 Å². The summed E-state index contributed by atoms with van der Waals surface area (Å²) in [7, 11) is 0. The molecule has 0 aromatic heterocycles. The number of anilines is 1. The first kappa shape index (κ1) is 14.5. The Bertz CT molecular complexity index is 632. The van der Waals surface area contributed by atoms with Crippen molar-refractivity contribution in [3.63, 3.8) is 0 Å². The van der Waals surface area contributed by atoms with Crippen LogP contribution in [0.15, 0.2) is 46.9 Å². The van der Waals surface area contributed by atoms with E-state index in [4.69, 9.17) is 5.26 Å². The number of hydrogen-bond acceptors (Lipinski definition) is 2. The van der Waals surface area contributed by atoms with Crippen LogP contribution in [0.4, 0.5) is 10.1 Å². The largest absolute Gasteiger partial charge is 0.379 e. The smallest absolute Gasteiger partial charge is 0.137 e. The first-order valence-electron chi connectivity index (χ1n) is 6.27. The summed E-state index contributed by atoms with van der Waals surface area (Å²) in [6.45, 7) is 2.02. The average molecular weight is 333 g/mol. The van der Waals surface area contributed by atoms with Crippen LogP contribution in [0.25, 0.3) is 0 Å². The van der Waals surface area contributed by atoms with E-state index in [2.05, 4.69) is 27.3 Å². The SMILES string of the molecule is CC(Nc1ccc(CC#N)cc1)c1ccc(F)c(Br)c1. The standard InChI is InChI=1S/C16H14BrFN2/c1-11(13-4-7-16(18)15(17)10-13)20-14-5-2-12(3-6-14)8-9-19/h2-7,10-11,20H,8H2,1H3. The van der Waals surface area contributed by atoms with Gasteiger partial charge >= 0.3 is 0 Å². The molecule has 0 aliphatic rings. The normalized spacial score (nSPS) is 11.7. The van der Waals surface area contributed by atoms with Gasteiger partial charge in [-0.2, -0.15) is 5.26 Å². The van der Waals surface area contributed by atoms with Gasteiger partial charge in [-0.05, 0) is 58.2 Å². The summed E-state index contributed by atoms with van der Waals surface area (Å²) < 4.78 is 13.7. The van der Waals surface area contributed by atoms with Crippen LogP contribution in [0.2, 0.25) is 0 Å². The molecule has 2 nitrogen and oxygen atoms in total. The lowest BCUT2D eigenvalue weighted by molar-refractivity contribution is 0.619. The van der Waals surface area contributed by atoms with Gasteiger partial charge in [0.25, 0.3) is 0 Å². The Morgan fingerprint density at radius 1 is 1.25 bits per heavy atom. The first-order valence-corrected chi connectivity index (χ1v) is 7.07. The van der Waals surface area contributed by atoms with Gasteiger partial charge in [0.1, 0.15) is 5.82 Å². The number of nitriles is 1. The van der Waals surface area contributed by atoms with Gasteiger partial charge in [0, 0.05) is 11.7 Å². The third-order valence-corrected chi connectivity index (χ3v) is 3.67. The number of nitrogens with zero attached hydrogens (tertiary/aromatic N) is 1. The zero-order valence-electron chi connectivity index (χ0n) is 11.0. The fourth-order valence-corrected chi connectivity index (χ4v) is 2.32. The minimum Gasteiger partial charge on any atom is -0.379 e. The van der Waals surface area contributed by atoms with Crippen molar-refractivity contribution < 1.29 is 4.39 Å². The monoisotopic (exact) mass is 332 g/mol. The molecule has 4 heteroatoms. The van der Waals surface area contributed by atoms with Gasteiger partial charge in [0.05, 0.1) is 17.0 Å². The second-order valence-corrected chi connectivity index (χ2v) is 5.43. The van der Waals surface area contributed by atoms with Crippen LogP contribution >= 0.6 is 15.9 Å². The van der Waals surface area contributed by atoms with Crippen molar-refractivity contribution in [3.8, 4) is 6.07 Å². The third-order valence-electron chi connectivity index (χ3n) is 3.06. The van der Waals surface area contributed by atoms with E-state index >= 15 is 0 Å². The van der Waals surface area contributed by atoms with Crippen LogP contribution in [0.5, 0.6) is 0 Å². The molecule has 0 aliphatic carbocycles. The Morgan fingerprint density at radius 2 is 1.95 bits per heavy atom. The van der Waals surface area contributed by atoms with Crippen LogP contribution < -0.4 is 5.32 Å². The fraction of sp³-hybridized carbons (Fsp3) is 0.188. The molecule has 0 spiro atoms. The van der Waals surface area contributed by atoms with Crippen molar-refractivity contribution in [1.82, 2.24) is 0 Å². The van der Waals surface area contributed by atoms with E-state index in [9.17, 15) is 4.39 Å². The molecule has 0 amide bonds. The van der Waals surface area contributed by atoms with Crippen LogP contribution in [-0.2, 0) is 6.42 Å². The highest BCUT2D eigenvalue weighted by molar-refractivity contribution is 9.10. The fourth-order valence-electron chi connectivity index (χ4n) is 1.93. The lowest BCUT2D eigenvalue weighted by Gasteiger charge is -2.16. The van der Waals surface area contributed by atoms with Gasteiger partial charge < -0.3 is 5.32 Å². The molecule has 1 unspecified atom stereocenters. The second-order valence-electron chi connectivity index (χ2n) is 4.57. The Hall–Kier alpha value is -1.86. The molecule has 2 aromatic rings. The summed E-state index contributed by atoms with van der Waals surface area (Å²) in [5.41, 5.74) is 2.97. The molecule has 0 aliphatic heterocycles. The van der Waals surface area contributed by atoms with Crippen LogP contribution in [0.1, 0.15) is 24.1 Å². The van der Waals surface area contributed by atoms with Gasteiger partial charge in [0.2, 0.25) is 0 Å². The summed E-state index contributed by atoms with van der Waals surface area (Å²) in [5, 5.41) is 12.0. The van der Waals surface area contributed by atoms with E-state index in [1.54, 1.807) is 12.1 Å². The molecule has 1 N–H and O–H groups in total. The summed E-state index contributed by atoms with van der Waals surface area (Å²) in [6.07, 6.45) is 0.417. The van der Waals surface area contributed by atoms with E-state index in [-0.39, 0.29) is 11.9 Å². The van der Waals surface area contributed by atoms with E-state index < -0.39 is 0 Å². The molecule has 0 bridgehead atoms. The molecular weight excluding hydrogens is 319 g/mol. The average Bonchev–Trinajstić information content (AvgIpc) is 2.44. The molecular formula is C16H14BrFN2. The Kier molecular flexibility index (Phi) is 4.75. The van der Waals surface area contributed by atoms with E-state index in [0.29, 0.717) is 10.9 Å². The van der Waals surface area contributed by atoms with Crippen LogP contribution in [-0.4, -0.2) is 0 Å². The maximum Gasteiger partial charge on any atom is 0.137 e. The Labute approximate surface area is 126 Å². The minimum atomic E-state index is -0.262. The maximum atomic E-state index is 13.2. The zero-order valence-corrected chi connectivity index (χ0v) is 12.6. The van der Waals surface area contributed by atoms with E-state index in [0.717, 1.165) is 16.8 Å². The number of halogens is 2. The highest BCUT2D eigenvalue weighted by Gasteiger charge is 2.08. The topological polar surface area (TPSA) is 35.8 Å². The Balaban J connectivity index is 2.08. The highest BCUT2D eigenvalue weighted by Crippen LogP contribution is 2.24. The molecule has 1 atom stereocenters. The summed E-state index contributed by atoms with van der Waals surface area (Å²) >= 11 is 3.19. The molecule has 0 saturated heterocycles. The Morgan fingerprint density at radius 3 is 2.55 bits per heavy atom. The molecule has 102 valence electrons. The predicted octanol–water partition coefficient (Wildman–Crippen LogP) is 4.83. The lowest BCUT2D eigenvalue weighted by Crippen LogP contribution is -2.06. The van der Waals surface area contributed by atoms with Crippen molar-refractivity contribution >= 4 is 21.6 Å². The highest BCUT2D eigenvalue weighted by atomic mass is 79.9. The second kappa shape index (κ2) is 6.53. The molecule has 0 heterocycles. The molecule has 2 rings (SSSR count). The number of nitrogens with one attached hydrogen (secondary N) is 1. The van der Waals surface area contributed by atoms with Crippen molar-refractivity contribution in [1.29, 1.82) is 5.26 Å². The van der Waals surface area contributed by atoms with Crippen molar-refractivity contribution in [3.05, 3.63) is 63.9 Å². The van der Waals surface area contributed by atoms with Crippen molar-refractivity contribution in [2.45, 2.75) is 19.4 Å². The molecule has 0 fully saturated rings. The first-order chi connectivity index (χ1) is 9.60. The van der Waals surface area contributed by atoms with Gasteiger partial charge in [0.15, 0.2) is 0 Å². The van der Waals surface area contributed by atoms with Crippen LogP contribution in [0, 0.1) is 17.1 Å². The number of rotatable bonds is 4. The quantitative estimate of drug-likeness (QED) is 0.870. The minimum absolute atomic E-state index is 0.0636. The number of benzene rings is 2. The lowest BCUT2D eigenvalue weighted by atomic mass is 10.1. The summed E-state index contributed by atoms with van der Waals surface area (Å²) in [5.74, 6) is -0.262. The summed E-state index contributed by atoms with van der Waals surface area (Å²) in [6, 6.07) is 14.9. The van der Waals surface area contributed by atoms with E-state index in [1.807, 2.05) is 31.2 Å². The van der Waals surface area contributed by atoms with Crippen molar-refractivity contribution in [2.24, 2.45) is 0 Å². The maximum absolute atomic E-state index is 13.2. The third kappa shape index (κ3) is 3.58. The van der Waals surface area contributed by atoms with Crippen LogP contribution in [0.3, 0.4) is 0 Å². The van der Waals surface area contributed by atoms with Gasteiger partial charge in [-0.15, -0.1) is 0 Å². The van der Waals surface area contributed by atoms with Crippen molar-refractivity contribution in [2.75, 3.05) is 5.32 Å².